The van der Waals surface area contributed by atoms with Crippen molar-refractivity contribution in [1.29, 1.82) is 0 Å². The molecule has 2 aromatic rings. The van der Waals surface area contributed by atoms with Crippen LogP contribution >= 0.6 is 0 Å². The van der Waals surface area contributed by atoms with Crippen molar-refractivity contribution >= 4 is 23.0 Å². The fourth-order valence-electron chi connectivity index (χ4n) is 8.66. The fraction of sp³-hybridized carbons (Fsp3) is 0.630. The van der Waals surface area contributed by atoms with E-state index in [0.29, 0.717) is 29.4 Å². The van der Waals surface area contributed by atoms with E-state index >= 15 is 0 Å². The summed E-state index contributed by atoms with van der Waals surface area (Å²) in [5, 5.41) is 0. The van der Waals surface area contributed by atoms with E-state index in [2.05, 4.69) is 24.9 Å². The van der Waals surface area contributed by atoms with Gasteiger partial charge in [0.25, 0.3) is 0 Å². The Morgan fingerprint density at radius 3 is 2.73 bits per heavy atom. The van der Waals surface area contributed by atoms with Crippen LogP contribution in [-0.2, 0) is 4.79 Å². The molecule has 1 aliphatic heterocycles. The first kappa shape index (κ1) is 21.1. The number of imidazole rings is 1. The molecule has 7 atom stereocenters. The molecule has 3 fully saturated rings. The third-order valence-electron chi connectivity index (χ3n) is 10.2. The molecule has 0 saturated heterocycles. The lowest BCUT2D eigenvalue weighted by Crippen LogP contribution is -2.59. The number of aromatic nitrogens is 3. The van der Waals surface area contributed by atoms with Crippen LogP contribution < -0.4 is 0 Å². The number of hydrogen-bond donors (Lipinski definition) is 0. The number of likely N-dealkylation sites (N-methyl/N-ethyl adjacent to an activating group) is 1. The predicted octanol–water partition coefficient (Wildman–Crippen LogP) is 4.81. The summed E-state index contributed by atoms with van der Waals surface area (Å²) in [4.78, 5) is 36.4. The molecule has 0 radical (unpaired) electrons. The highest BCUT2D eigenvalue weighted by molar-refractivity contribution is 5.89. The van der Waals surface area contributed by atoms with Gasteiger partial charge in [-0.15, -0.1) is 0 Å². The van der Waals surface area contributed by atoms with Crippen molar-refractivity contribution in [2.45, 2.75) is 71.3 Å². The third-order valence-corrected chi connectivity index (χ3v) is 10.2. The molecule has 0 N–H and O–H groups in total. The van der Waals surface area contributed by atoms with Gasteiger partial charge in [0, 0.05) is 37.5 Å². The lowest BCUT2D eigenvalue weighted by molar-refractivity contribution is -0.138. The zero-order valence-corrected chi connectivity index (χ0v) is 20.1. The number of rotatable bonds is 1. The molecule has 0 bridgehead atoms. The lowest BCUT2D eigenvalue weighted by Gasteiger charge is -2.60. The van der Waals surface area contributed by atoms with Crippen LogP contribution in [0.15, 0.2) is 30.5 Å². The average Bonchev–Trinajstić information content (AvgIpc) is 3.34. The van der Waals surface area contributed by atoms with Crippen molar-refractivity contribution in [2.75, 3.05) is 7.05 Å². The number of carbonyl (C=O) groups excluding carboxylic acids is 2. The van der Waals surface area contributed by atoms with Crippen molar-refractivity contribution in [2.24, 2.45) is 28.6 Å². The van der Waals surface area contributed by atoms with Gasteiger partial charge in [-0.3, -0.25) is 14.2 Å². The molecule has 6 nitrogen and oxygen atoms in total. The summed E-state index contributed by atoms with van der Waals surface area (Å²) in [6.07, 6.45) is 12.7. The first-order valence-corrected chi connectivity index (χ1v) is 12.6. The quantitative estimate of drug-likeness (QED) is 0.630. The van der Waals surface area contributed by atoms with E-state index < -0.39 is 0 Å². The van der Waals surface area contributed by atoms with Crippen LogP contribution in [0.2, 0.25) is 0 Å². The number of carbonyl (C=O) groups is 2. The molecular formula is C27H34N4O2. The Labute approximate surface area is 195 Å². The fourth-order valence-corrected chi connectivity index (χ4v) is 8.66. The number of amides is 1. The zero-order chi connectivity index (χ0) is 23.1. The highest BCUT2D eigenvalue weighted by atomic mass is 16.2. The van der Waals surface area contributed by atoms with Crippen molar-refractivity contribution in [3.8, 4) is 0 Å². The standard InChI is InChI=1S/C27H34N4O2/c1-16(32)31-21-6-5-15-28-24(21)29-25(31)20-9-8-18-17-7-10-22-27(3,14-12-23(33)30(22)4)19(17)11-13-26(18,20)2/h5-6,12,14-15,17-20,22H,7-11,13H2,1-4H3/t17-,18-,19-,20+,22+,26-,27+/m0/s1. The Bertz CT molecular complexity index is 1180. The van der Waals surface area contributed by atoms with Crippen LogP contribution in [-0.4, -0.2) is 44.3 Å². The van der Waals surface area contributed by atoms with Gasteiger partial charge in [0.15, 0.2) is 5.65 Å². The van der Waals surface area contributed by atoms with Gasteiger partial charge in [-0.05, 0) is 79.9 Å². The van der Waals surface area contributed by atoms with Crippen LogP contribution in [0.4, 0.5) is 0 Å². The van der Waals surface area contributed by atoms with Gasteiger partial charge in [-0.25, -0.2) is 9.97 Å². The molecule has 3 saturated carbocycles. The van der Waals surface area contributed by atoms with E-state index in [1.54, 1.807) is 13.1 Å². The number of fused-ring (bicyclic) bond motifs is 6. The Morgan fingerprint density at radius 1 is 1.12 bits per heavy atom. The first-order chi connectivity index (χ1) is 15.8. The van der Waals surface area contributed by atoms with E-state index in [4.69, 9.17) is 4.98 Å². The maximum atomic E-state index is 12.7. The summed E-state index contributed by atoms with van der Waals surface area (Å²) in [5.74, 6) is 3.26. The lowest BCUT2D eigenvalue weighted by atomic mass is 9.47. The van der Waals surface area contributed by atoms with Gasteiger partial charge >= 0.3 is 0 Å². The second-order valence-corrected chi connectivity index (χ2v) is 11.5. The number of hydrogen-bond acceptors (Lipinski definition) is 4. The van der Waals surface area contributed by atoms with E-state index in [9.17, 15) is 9.59 Å². The van der Waals surface area contributed by atoms with Crippen molar-refractivity contribution in [3.05, 3.63) is 36.3 Å². The maximum absolute atomic E-state index is 12.7. The van der Waals surface area contributed by atoms with E-state index in [0.717, 1.165) is 30.6 Å². The normalized spacial score (nSPS) is 39.9. The molecule has 174 valence electrons. The van der Waals surface area contributed by atoms with Gasteiger partial charge < -0.3 is 4.90 Å². The Kier molecular flexibility index (Phi) is 4.47. The third kappa shape index (κ3) is 2.72. The average molecular weight is 447 g/mol. The molecule has 33 heavy (non-hydrogen) atoms. The highest BCUT2D eigenvalue weighted by Gasteiger charge is 2.61. The molecule has 0 spiro atoms. The van der Waals surface area contributed by atoms with Crippen LogP contribution in [0.1, 0.15) is 75.8 Å². The maximum Gasteiger partial charge on any atom is 0.246 e. The van der Waals surface area contributed by atoms with Gasteiger partial charge in [0.05, 0.1) is 5.52 Å². The smallest absolute Gasteiger partial charge is 0.246 e. The van der Waals surface area contributed by atoms with Crippen molar-refractivity contribution < 1.29 is 9.59 Å². The second-order valence-electron chi connectivity index (χ2n) is 11.5. The predicted molar refractivity (Wildman–Crippen MR) is 127 cm³/mol. The summed E-state index contributed by atoms with van der Waals surface area (Å²) in [5.41, 5.74) is 1.70. The summed E-state index contributed by atoms with van der Waals surface area (Å²) < 4.78 is 1.83. The largest absolute Gasteiger partial charge is 0.338 e. The Hall–Kier alpha value is -2.50. The minimum Gasteiger partial charge on any atom is -0.338 e. The molecule has 3 heterocycles. The minimum absolute atomic E-state index is 0.0225. The Morgan fingerprint density at radius 2 is 1.94 bits per heavy atom. The molecule has 3 aliphatic carbocycles. The minimum atomic E-state index is 0.0225. The summed E-state index contributed by atoms with van der Waals surface area (Å²) in [6.45, 7) is 6.49. The van der Waals surface area contributed by atoms with Crippen LogP contribution in [0, 0.1) is 28.6 Å². The molecule has 6 heteroatoms. The van der Waals surface area contributed by atoms with Gasteiger partial charge in [-0.1, -0.05) is 19.9 Å². The topological polar surface area (TPSA) is 68.1 Å². The molecule has 6 rings (SSSR count). The summed E-state index contributed by atoms with van der Waals surface area (Å²) >= 11 is 0. The highest BCUT2D eigenvalue weighted by Crippen LogP contribution is 2.67. The van der Waals surface area contributed by atoms with Gasteiger partial charge in [0.1, 0.15) is 5.82 Å². The van der Waals surface area contributed by atoms with E-state index in [-0.39, 0.29) is 28.6 Å². The first-order valence-electron chi connectivity index (χ1n) is 12.6. The van der Waals surface area contributed by atoms with Crippen molar-refractivity contribution in [1.82, 2.24) is 19.4 Å². The monoisotopic (exact) mass is 446 g/mol. The molecule has 0 unspecified atom stereocenters. The van der Waals surface area contributed by atoms with Crippen LogP contribution in [0.25, 0.3) is 11.2 Å². The second kappa shape index (κ2) is 7.00. The van der Waals surface area contributed by atoms with Crippen molar-refractivity contribution in [3.63, 3.8) is 0 Å². The summed E-state index contributed by atoms with van der Waals surface area (Å²) in [7, 11) is 1.98. The van der Waals surface area contributed by atoms with E-state index in [1.807, 2.05) is 34.7 Å². The number of pyridine rings is 1. The zero-order valence-electron chi connectivity index (χ0n) is 20.1. The van der Waals surface area contributed by atoms with Gasteiger partial charge in [-0.2, -0.15) is 0 Å². The summed E-state index contributed by atoms with van der Waals surface area (Å²) in [6, 6.07) is 4.16. The van der Waals surface area contributed by atoms with Crippen LogP contribution in [0.5, 0.6) is 0 Å². The SMILES string of the molecule is CC(=O)n1c([C@H]2CC[C@H]3[C@@H]4CC[C@H]5N(C)C(=O)C=C[C@]5(C)[C@H]4CC[C@]23C)nc2ncccc21. The molecule has 0 aromatic carbocycles. The molecule has 4 aliphatic rings. The molecular weight excluding hydrogens is 412 g/mol. The number of nitrogens with zero attached hydrogens (tertiary/aromatic N) is 4. The van der Waals surface area contributed by atoms with Gasteiger partial charge in [0.2, 0.25) is 11.8 Å². The Balaban J connectivity index is 1.38. The van der Waals surface area contributed by atoms with E-state index in [1.165, 1.54) is 19.3 Å². The molecule has 1 amide bonds. The van der Waals surface area contributed by atoms with Crippen LogP contribution in [0.3, 0.4) is 0 Å². The molecule has 2 aromatic heterocycles.